The second-order valence-corrected chi connectivity index (χ2v) is 10.4. The number of H-pyrrole nitrogens is 1. The van der Waals surface area contributed by atoms with Crippen molar-refractivity contribution in [3.8, 4) is 22.8 Å². The Bertz CT molecular complexity index is 1310. The number of fused-ring (bicyclic) bond motifs is 1. The van der Waals surface area contributed by atoms with Gasteiger partial charge in [-0.2, -0.15) is 5.21 Å². The Morgan fingerprint density at radius 1 is 0.861 bits per heavy atom. The molecule has 2 aromatic heterocycles. The van der Waals surface area contributed by atoms with E-state index < -0.39 is 5.54 Å². The lowest BCUT2D eigenvalue weighted by Crippen LogP contribution is -2.58. The monoisotopic (exact) mass is 483 g/mol. The van der Waals surface area contributed by atoms with Gasteiger partial charge in [0.25, 0.3) is 0 Å². The number of carbonyl (C=O) groups excluding carboxylic acids is 1. The van der Waals surface area contributed by atoms with Crippen molar-refractivity contribution < 1.29 is 4.79 Å². The van der Waals surface area contributed by atoms with Crippen LogP contribution in [-0.4, -0.2) is 36.1 Å². The molecule has 0 saturated heterocycles. The molecule has 0 bridgehead atoms. The van der Waals surface area contributed by atoms with E-state index in [1.165, 1.54) is 12.8 Å². The van der Waals surface area contributed by atoms with Crippen LogP contribution >= 0.6 is 0 Å². The minimum absolute atomic E-state index is 0.200. The van der Waals surface area contributed by atoms with Gasteiger partial charge in [0, 0.05) is 11.1 Å². The quantitative estimate of drug-likeness (QED) is 0.390. The van der Waals surface area contributed by atoms with Crippen LogP contribution in [0.5, 0.6) is 0 Å². The Hall–Kier alpha value is -3.55. The number of para-hydroxylation sites is 2. The predicted molar refractivity (Wildman–Crippen MR) is 139 cm³/mol. The lowest BCUT2D eigenvalue weighted by Gasteiger charge is -2.48. The van der Waals surface area contributed by atoms with Gasteiger partial charge in [-0.3, -0.25) is 4.79 Å². The number of tetrazole rings is 1. The zero-order valence-corrected chi connectivity index (χ0v) is 20.6. The van der Waals surface area contributed by atoms with E-state index >= 15 is 0 Å². The molecule has 2 heterocycles. The lowest BCUT2D eigenvalue weighted by molar-refractivity contribution is -0.135. The largest absolute Gasteiger partial charge is 0.368 e. The van der Waals surface area contributed by atoms with Crippen LogP contribution in [0.3, 0.4) is 0 Å². The van der Waals surface area contributed by atoms with Crippen molar-refractivity contribution in [2.45, 2.75) is 69.7 Å². The number of carbonyl (C=O) groups is 1. The lowest BCUT2D eigenvalue weighted by atomic mass is 9.63. The van der Waals surface area contributed by atoms with Gasteiger partial charge in [0.15, 0.2) is 0 Å². The Balaban J connectivity index is 1.59. The maximum absolute atomic E-state index is 13.9. The maximum atomic E-state index is 13.9. The number of nitrogens with one attached hydrogen (secondary N) is 1. The molecule has 6 rings (SSSR count). The third-order valence-corrected chi connectivity index (χ3v) is 8.53. The molecule has 2 aliphatic rings. The highest BCUT2D eigenvalue weighted by Gasteiger charge is 2.53. The van der Waals surface area contributed by atoms with Gasteiger partial charge in [-0.1, -0.05) is 74.9 Å². The Morgan fingerprint density at radius 3 is 2.06 bits per heavy atom. The van der Waals surface area contributed by atoms with Gasteiger partial charge in [-0.05, 0) is 54.9 Å². The zero-order valence-electron chi connectivity index (χ0n) is 20.6. The Kier molecular flexibility index (Phi) is 6.03. The number of rotatable bonds is 6. The van der Waals surface area contributed by atoms with Gasteiger partial charge in [0.2, 0.25) is 11.7 Å². The summed E-state index contributed by atoms with van der Waals surface area (Å²) in [6, 6.07) is 16.2. The molecule has 186 valence electrons. The van der Waals surface area contributed by atoms with Crippen LogP contribution in [0.4, 0.5) is 0 Å². The average molecular weight is 484 g/mol. The maximum Gasteiger partial charge on any atom is 0.244 e. The number of hydrogen-bond donors (Lipinski definition) is 2. The number of nitrogens with two attached hydrogens (primary N) is 1. The molecule has 0 spiro atoms. The molecular formula is C28H33N7O. The summed E-state index contributed by atoms with van der Waals surface area (Å²) in [5.41, 5.74) is 9.45. The van der Waals surface area contributed by atoms with E-state index in [-0.39, 0.29) is 17.7 Å². The smallest absolute Gasteiger partial charge is 0.244 e. The molecule has 0 atom stereocenters. The number of hydrogen-bond acceptors (Lipinski definition) is 5. The highest BCUT2D eigenvalue weighted by Crippen LogP contribution is 2.50. The number of nitrogens with zero attached hydrogens (tertiary/aromatic N) is 5. The van der Waals surface area contributed by atoms with Crippen molar-refractivity contribution in [1.82, 2.24) is 30.2 Å². The van der Waals surface area contributed by atoms with Crippen LogP contribution in [0.25, 0.3) is 33.8 Å². The Morgan fingerprint density at radius 2 is 1.47 bits per heavy atom. The number of primary amides is 1. The summed E-state index contributed by atoms with van der Waals surface area (Å²) in [4.78, 5) is 19.0. The number of benzene rings is 2. The molecule has 2 aromatic carbocycles. The number of aromatic amines is 1. The van der Waals surface area contributed by atoms with Gasteiger partial charge >= 0.3 is 0 Å². The normalized spacial score (nSPS) is 18.0. The molecule has 1 amide bonds. The highest BCUT2D eigenvalue weighted by molar-refractivity contribution is 5.90. The summed E-state index contributed by atoms with van der Waals surface area (Å²) in [6.07, 6.45) is 11.2. The average Bonchev–Trinajstić information content (AvgIpc) is 3.60. The molecule has 8 heteroatoms. The van der Waals surface area contributed by atoms with Gasteiger partial charge in [0.05, 0.1) is 11.0 Å². The standard InChI is InChI=1S/C28H33N7O/c29-27(36)28(21-9-3-1-4-10-21,22-11-5-2-6-12-22)35-24-14-8-7-13-23(24)30-26(35)20-17-15-19(16-18-20)25-31-33-34-32-25/h7-8,13-18,21-22H,1-6,9-12H2,(H2,29,36)(H,31,32,33,34). The minimum Gasteiger partial charge on any atom is -0.368 e. The summed E-state index contributed by atoms with van der Waals surface area (Å²) in [6.45, 7) is 0. The van der Waals surface area contributed by atoms with Crippen molar-refractivity contribution in [2.75, 3.05) is 0 Å². The molecule has 8 nitrogen and oxygen atoms in total. The first-order valence-electron chi connectivity index (χ1n) is 13.3. The zero-order chi connectivity index (χ0) is 24.5. The first-order chi connectivity index (χ1) is 17.7. The van der Waals surface area contributed by atoms with Crippen LogP contribution in [0, 0.1) is 11.8 Å². The van der Waals surface area contributed by atoms with E-state index in [0.717, 1.165) is 79.4 Å². The summed E-state index contributed by atoms with van der Waals surface area (Å²) < 4.78 is 2.26. The van der Waals surface area contributed by atoms with E-state index in [1.807, 2.05) is 42.5 Å². The van der Waals surface area contributed by atoms with Crippen LogP contribution in [0.1, 0.15) is 64.2 Å². The molecule has 4 aromatic rings. The summed E-state index contributed by atoms with van der Waals surface area (Å²) >= 11 is 0. The third kappa shape index (κ3) is 3.70. The minimum atomic E-state index is -0.793. The van der Waals surface area contributed by atoms with Crippen molar-refractivity contribution in [3.05, 3.63) is 48.5 Å². The third-order valence-electron chi connectivity index (χ3n) is 8.53. The Labute approximate surface area is 210 Å². The number of amides is 1. The van der Waals surface area contributed by atoms with Crippen molar-refractivity contribution in [1.29, 1.82) is 0 Å². The van der Waals surface area contributed by atoms with Crippen LogP contribution in [0.15, 0.2) is 48.5 Å². The predicted octanol–water partition coefficient (Wildman–Crippen LogP) is 5.22. The second-order valence-electron chi connectivity index (χ2n) is 10.4. The van der Waals surface area contributed by atoms with Gasteiger partial charge < -0.3 is 10.3 Å². The van der Waals surface area contributed by atoms with E-state index in [1.54, 1.807) is 0 Å². The first kappa shape index (κ1) is 22.9. The van der Waals surface area contributed by atoms with Crippen LogP contribution in [0.2, 0.25) is 0 Å². The molecule has 3 N–H and O–H groups in total. The van der Waals surface area contributed by atoms with Crippen molar-refractivity contribution >= 4 is 16.9 Å². The van der Waals surface area contributed by atoms with E-state index in [9.17, 15) is 4.79 Å². The summed E-state index contributed by atoms with van der Waals surface area (Å²) in [5, 5.41) is 14.4. The summed E-state index contributed by atoms with van der Waals surface area (Å²) in [5.74, 6) is 1.58. The molecule has 2 fully saturated rings. The molecular weight excluding hydrogens is 450 g/mol. The van der Waals surface area contributed by atoms with Crippen molar-refractivity contribution in [2.24, 2.45) is 17.6 Å². The van der Waals surface area contributed by atoms with Gasteiger partial charge in [-0.25, -0.2) is 4.98 Å². The second kappa shape index (κ2) is 9.48. The van der Waals surface area contributed by atoms with Crippen LogP contribution in [-0.2, 0) is 10.3 Å². The molecule has 36 heavy (non-hydrogen) atoms. The molecule has 0 radical (unpaired) electrons. The fraction of sp³-hybridized carbons (Fsp3) is 0.464. The van der Waals surface area contributed by atoms with Gasteiger partial charge in [0.1, 0.15) is 11.4 Å². The van der Waals surface area contributed by atoms with Crippen molar-refractivity contribution in [3.63, 3.8) is 0 Å². The first-order valence-corrected chi connectivity index (χ1v) is 13.3. The number of aromatic nitrogens is 6. The highest BCUT2D eigenvalue weighted by atomic mass is 16.1. The molecule has 0 unspecified atom stereocenters. The van der Waals surface area contributed by atoms with E-state index in [4.69, 9.17) is 10.7 Å². The summed E-state index contributed by atoms with van der Waals surface area (Å²) in [7, 11) is 0. The molecule has 2 aliphatic carbocycles. The fourth-order valence-electron chi connectivity index (χ4n) is 6.94. The van der Waals surface area contributed by atoms with Gasteiger partial charge in [-0.15, -0.1) is 10.2 Å². The molecule has 0 aliphatic heterocycles. The topological polar surface area (TPSA) is 115 Å². The SMILES string of the molecule is NC(=O)C(C1CCCCC1)(C1CCCCC1)n1c(-c2ccc(-c3nn[nH]n3)cc2)nc2ccccc21. The fourth-order valence-corrected chi connectivity index (χ4v) is 6.94. The molecule has 2 saturated carbocycles. The van der Waals surface area contributed by atoms with Crippen LogP contribution < -0.4 is 5.73 Å². The number of imidazole rings is 1. The van der Waals surface area contributed by atoms with E-state index in [2.05, 4.69) is 31.3 Å². The van der Waals surface area contributed by atoms with E-state index in [0.29, 0.717) is 5.82 Å².